The van der Waals surface area contributed by atoms with Crippen molar-refractivity contribution in [2.45, 2.75) is 77.0 Å². The van der Waals surface area contributed by atoms with Gasteiger partial charge in [-0.1, -0.05) is 0 Å². The minimum absolute atomic E-state index is 1.02. The first-order chi connectivity index (χ1) is 19.5. The number of carbonyl (C=O) groups excluding carboxylic acids is 2. The zero-order chi connectivity index (χ0) is 35.8. The molecule has 0 atom stereocenters. The second-order valence-corrected chi connectivity index (χ2v) is 10.00. The highest BCUT2D eigenvalue weighted by atomic mass is 19.4. The number of rotatable bonds is 2. The van der Waals surface area contributed by atoms with Gasteiger partial charge in [-0.05, 0) is 6.42 Å². The second-order valence-electron chi connectivity index (χ2n) is 10.00. The molecule has 3 aliphatic rings. The van der Waals surface area contributed by atoms with E-state index in [9.17, 15) is 97.4 Å². The number of carbonyl (C=O) groups is 2. The highest BCUT2D eigenvalue weighted by Crippen LogP contribution is 2.71. The molecule has 2 saturated carbocycles. The van der Waals surface area contributed by atoms with Crippen molar-refractivity contribution in [2.75, 3.05) is 26.2 Å². The van der Waals surface area contributed by atoms with Crippen molar-refractivity contribution in [3.63, 3.8) is 0 Å². The molecule has 0 aromatic carbocycles. The van der Waals surface area contributed by atoms with Crippen molar-refractivity contribution in [2.24, 2.45) is 0 Å². The average molecular weight is 716 g/mol. The van der Waals surface area contributed by atoms with E-state index >= 15 is 8.78 Å². The fraction of sp³-hybridized carbons (Fsp3) is 0.895. The predicted octanol–water partition coefficient (Wildman–Crippen LogP) is 5.84. The first kappa shape index (κ1) is 36.9. The lowest BCUT2D eigenvalue weighted by atomic mass is 9.71. The molecule has 3 rings (SSSR count). The number of hydrogen-bond donors (Lipinski definition) is 0. The Morgan fingerprint density at radius 2 is 0.489 bits per heavy atom. The lowest BCUT2D eigenvalue weighted by molar-refractivity contribution is -0.477. The lowest BCUT2D eigenvalue weighted by Gasteiger charge is -2.52. The van der Waals surface area contributed by atoms with Crippen LogP contribution in [-0.4, -0.2) is 118 Å². The second kappa shape index (κ2) is 9.05. The van der Waals surface area contributed by atoms with Crippen LogP contribution < -0.4 is 0 Å². The Labute approximate surface area is 232 Å². The summed E-state index contributed by atoms with van der Waals surface area (Å²) in [4.78, 5) is 22.6. The topological polar surface area (TPSA) is 40.6 Å². The molecule has 26 heteroatoms. The van der Waals surface area contributed by atoms with Crippen molar-refractivity contribution >= 4 is 11.8 Å². The third-order valence-corrected chi connectivity index (χ3v) is 7.55. The molecule has 0 N–H and O–H groups in total. The molecule has 0 bridgehead atoms. The average Bonchev–Trinajstić information content (AvgIpc) is 3.15. The van der Waals surface area contributed by atoms with Crippen molar-refractivity contribution in [3.8, 4) is 0 Å². The molecule has 1 heterocycles. The molecule has 0 radical (unpaired) electrons. The monoisotopic (exact) mass is 716 g/mol. The lowest BCUT2D eigenvalue weighted by Crippen LogP contribution is -2.86. The van der Waals surface area contributed by atoms with Gasteiger partial charge in [-0.3, -0.25) is 9.59 Å². The van der Waals surface area contributed by atoms with E-state index in [1.807, 2.05) is 0 Å². The summed E-state index contributed by atoms with van der Waals surface area (Å²) in [6, 6.07) is 0. The van der Waals surface area contributed by atoms with E-state index in [2.05, 4.69) is 0 Å². The van der Waals surface area contributed by atoms with E-state index in [1.165, 1.54) is 0 Å². The standard InChI is InChI=1S/C19H10F22N2O2/c20-8(10(22,23)14(30,31)18(38,39)15(32,33)11(8,24)25)6(44)42-2-1-3-43(5-4-42)7(45)9(21)12(26,27)16(34,35)19(40,41)17(36,37)13(9,28)29/h1-5H2. The number of alkyl halides is 22. The van der Waals surface area contributed by atoms with Gasteiger partial charge in [-0.2, -0.15) is 87.8 Å². The molecule has 0 spiro atoms. The van der Waals surface area contributed by atoms with Crippen molar-refractivity contribution in [1.82, 2.24) is 9.80 Å². The zero-order valence-corrected chi connectivity index (χ0v) is 20.6. The van der Waals surface area contributed by atoms with Gasteiger partial charge >= 0.3 is 70.6 Å². The van der Waals surface area contributed by atoms with Gasteiger partial charge in [0.25, 0.3) is 11.8 Å². The first-order valence-electron chi connectivity index (χ1n) is 11.3. The largest absolute Gasteiger partial charge is 0.384 e. The Morgan fingerprint density at radius 1 is 0.311 bits per heavy atom. The number of halogens is 22. The minimum atomic E-state index is -7.79. The summed E-state index contributed by atoms with van der Waals surface area (Å²) in [5.41, 5.74) is -14.7. The summed E-state index contributed by atoms with van der Waals surface area (Å²) in [5.74, 6) is -85.5. The van der Waals surface area contributed by atoms with Crippen LogP contribution in [0.25, 0.3) is 0 Å². The summed E-state index contributed by atoms with van der Waals surface area (Å²) in [7, 11) is 0. The molecule has 1 aliphatic heterocycles. The number of hydrogen-bond acceptors (Lipinski definition) is 2. The van der Waals surface area contributed by atoms with E-state index < -0.39 is 125 Å². The van der Waals surface area contributed by atoms with E-state index in [1.54, 1.807) is 0 Å². The summed E-state index contributed by atoms with van der Waals surface area (Å²) in [6.07, 6.45) is -1.55. The molecule has 3 fully saturated rings. The van der Waals surface area contributed by atoms with Gasteiger partial charge in [0, 0.05) is 26.2 Å². The van der Waals surface area contributed by atoms with E-state index in [0.29, 0.717) is 0 Å². The van der Waals surface area contributed by atoms with Crippen LogP contribution >= 0.6 is 0 Å². The van der Waals surface area contributed by atoms with Gasteiger partial charge in [0.15, 0.2) is 0 Å². The van der Waals surface area contributed by atoms with Crippen molar-refractivity contribution in [1.29, 1.82) is 0 Å². The smallest absolute Gasteiger partial charge is 0.338 e. The SMILES string of the molecule is O=C(N1CCCN(C(=O)C2(F)C(F)(F)C(F)(F)C(F)(F)C(F)(F)C2(F)F)CC1)C1(F)C(F)(F)C(F)(F)C(F)(F)C(F)(F)C1(F)F. The van der Waals surface area contributed by atoms with Crippen molar-refractivity contribution in [3.05, 3.63) is 0 Å². The van der Waals surface area contributed by atoms with Crippen LogP contribution in [0.4, 0.5) is 96.6 Å². The fourth-order valence-electron chi connectivity index (χ4n) is 4.74. The normalized spacial score (nSPS) is 32.2. The van der Waals surface area contributed by atoms with Gasteiger partial charge in [-0.25, -0.2) is 8.78 Å². The van der Waals surface area contributed by atoms with E-state index in [4.69, 9.17) is 0 Å². The Hall–Kier alpha value is -2.60. The Bertz CT molecular complexity index is 1110. The van der Waals surface area contributed by atoms with Crippen LogP contribution in [0.5, 0.6) is 0 Å². The molecule has 45 heavy (non-hydrogen) atoms. The molecule has 0 unspecified atom stereocenters. The Morgan fingerprint density at radius 3 is 0.689 bits per heavy atom. The van der Waals surface area contributed by atoms with Gasteiger partial charge in [-0.15, -0.1) is 0 Å². The zero-order valence-electron chi connectivity index (χ0n) is 20.6. The van der Waals surface area contributed by atoms with Crippen LogP contribution in [-0.2, 0) is 9.59 Å². The predicted molar refractivity (Wildman–Crippen MR) is 94.9 cm³/mol. The fourth-order valence-corrected chi connectivity index (χ4v) is 4.74. The number of nitrogens with zero attached hydrogens (tertiary/aromatic N) is 2. The van der Waals surface area contributed by atoms with Crippen LogP contribution in [0.1, 0.15) is 6.42 Å². The maximum atomic E-state index is 15.1. The molecular formula is C19H10F22N2O2. The molecule has 2 aliphatic carbocycles. The maximum absolute atomic E-state index is 15.1. The van der Waals surface area contributed by atoms with Crippen LogP contribution in [0.15, 0.2) is 0 Å². The van der Waals surface area contributed by atoms with E-state index in [-0.39, 0.29) is 0 Å². The highest BCUT2D eigenvalue weighted by Gasteiger charge is 3.04. The molecule has 262 valence electrons. The third kappa shape index (κ3) is 3.45. The Kier molecular flexibility index (Phi) is 7.42. The highest BCUT2D eigenvalue weighted by molar-refractivity contribution is 5.90. The Balaban J connectivity index is 2.05. The summed E-state index contributed by atoms with van der Waals surface area (Å²) >= 11 is 0. The summed E-state index contributed by atoms with van der Waals surface area (Å²) in [5, 5.41) is 0. The van der Waals surface area contributed by atoms with E-state index in [0.717, 1.165) is 0 Å². The van der Waals surface area contributed by atoms with Crippen molar-refractivity contribution < 1.29 is 106 Å². The van der Waals surface area contributed by atoms with Gasteiger partial charge < -0.3 is 9.80 Å². The molecule has 0 aromatic heterocycles. The maximum Gasteiger partial charge on any atom is 0.384 e. The summed E-state index contributed by atoms with van der Waals surface area (Å²) < 4.78 is 307. The van der Waals surface area contributed by atoms with Crippen LogP contribution in [0.3, 0.4) is 0 Å². The molecular weight excluding hydrogens is 706 g/mol. The van der Waals surface area contributed by atoms with Crippen LogP contribution in [0.2, 0.25) is 0 Å². The number of amides is 2. The minimum Gasteiger partial charge on any atom is -0.338 e. The van der Waals surface area contributed by atoms with Crippen LogP contribution in [0, 0.1) is 0 Å². The molecule has 4 nitrogen and oxygen atoms in total. The quantitative estimate of drug-likeness (QED) is 0.337. The molecule has 1 saturated heterocycles. The van der Waals surface area contributed by atoms with Gasteiger partial charge in [0.2, 0.25) is 0 Å². The first-order valence-corrected chi connectivity index (χ1v) is 11.3. The molecule has 0 aromatic rings. The molecule has 2 amide bonds. The summed E-state index contributed by atoms with van der Waals surface area (Å²) in [6.45, 7) is -7.95. The van der Waals surface area contributed by atoms with Gasteiger partial charge in [0.1, 0.15) is 0 Å². The third-order valence-electron chi connectivity index (χ3n) is 7.55. The van der Waals surface area contributed by atoms with Gasteiger partial charge in [0.05, 0.1) is 0 Å².